The number of aliphatic imine (C=N–C) groups is 1. The number of carbonyl (C=O) groups is 1. The zero-order chi connectivity index (χ0) is 24.0. The van der Waals surface area contributed by atoms with Crippen molar-refractivity contribution in [1.29, 1.82) is 0 Å². The molecule has 1 aromatic carbocycles. The number of hydrogen-bond donors (Lipinski definition) is 1. The molecule has 31 heavy (non-hydrogen) atoms. The first kappa shape index (κ1) is 28.5. The van der Waals surface area contributed by atoms with Gasteiger partial charge in [0, 0.05) is 6.21 Å². The first-order valence-corrected chi connectivity index (χ1v) is 11.8. The maximum absolute atomic E-state index is 12.9. The molecule has 0 aliphatic heterocycles. The van der Waals surface area contributed by atoms with Crippen LogP contribution in [0.2, 0.25) is 0 Å². The summed E-state index contributed by atoms with van der Waals surface area (Å²) >= 11 is 1.33. The van der Waals surface area contributed by atoms with Crippen molar-refractivity contribution in [3.8, 4) is 5.75 Å². The van der Waals surface area contributed by atoms with Crippen LogP contribution in [0.5, 0.6) is 5.75 Å². The minimum absolute atomic E-state index is 0.211. The van der Waals surface area contributed by atoms with Gasteiger partial charge in [0.05, 0.1) is 11.2 Å². The molecule has 0 bridgehead atoms. The van der Waals surface area contributed by atoms with Crippen molar-refractivity contribution in [2.24, 2.45) is 4.99 Å². The number of hydrogen-bond acceptors (Lipinski definition) is 4. The standard InChI is InChI=1S/C24H32N2O2S.C2H6/c1-9-18(10-2)15-19-16-20(14-13-17(19)5)28-23(29-8)22(27)26-24(6,7)21(11-3)25-12-4;1-2/h9-16,23H,1,5H2,2-4,6-8H3,(H,26,27);1-2H3/b18-10-,19-15-,21-11-,25-12?;. The quantitative estimate of drug-likeness (QED) is 0.333. The van der Waals surface area contributed by atoms with E-state index < -0.39 is 11.0 Å². The molecule has 0 fully saturated rings. The summed E-state index contributed by atoms with van der Waals surface area (Å²) in [5.74, 6) is 0.394. The molecule has 0 aromatic heterocycles. The van der Waals surface area contributed by atoms with Crippen molar-refractivity contribution >= 4 is 36.5 Å². The second-order valence-corrected chi connectivity index (χ2v) is 7.76. The lowest BCUT2D eigenvalue weighted by Gasteiger charge is -2.29. The molecule has 1 rings (SSSR count). The predicted octanol–water partition coefficient (Wildman–Crippen LogP) is 4.99. The van der Waals surface area contributed by atoms with Crippen LogP contribution in [0.3, 0.4) is 0 Å². The van der Waals surface area contributed by atoms with Crippen LogP contribution >= 0.6 is 11.8 Å². The lowest BCUT2D eigenvalue weighted by Crippen LogP contribution is -2.49. The van der Waals surface area contributed by atoms with E-state index in [-0.39, 0.29) is 5.91 Å². The number of benzene rings is 1. The summed E-state index contributed by atoms with van der Waals surface area (Å²) < 4.78 is 5.99. The molecular weight excluding hydrogens is 404 g/mol. The summed E-state index contributed by atoms with van der Waals surface area (Å²) in [7, 11) is 0. The van der Waals surface area contributed by atoms with E-state index in [4.69, 9.17) is 4.74 Å². The van der Waals surface area contributed by atoms with Gasteiger partial charge < -0.3 is 10.1 Å². The normalized spacial score (nSPS) is 14.0. The molecule has 1 atom stereocenters. The fourth-order valence-electron chi connectivity index (χ4n) is 2.72. The van der Waals surface area contributed by atoms with Crippen LogP contribution in [0.15, 0.2) is 59.3 Å². The first-order valence-electron chi connectivity index (χ1n) is 10.5. The predicted molar refractivity (Wildman–Crippen MR) is 139 cm³/mol. The Kier molecular flexibility index (Phi) is 13.3. The highest BCUT2D eigenvalue weighted by Crippen LogP contribution is 2.20. The molecule has 0 spiro atoms. The Balaban J connectivity index is 0.00000436. The van der Waals surface area contributed by atoms with Crippen molar-refractivity contribution in [3.05, 3.63) is 64.7 Å². The molecule has 0 saturated heterocycles. The Labute approximate surface area is 192 Å². The van der Waals surface area contributed by atoms with Crippen LogP contribution in [0.25, 0.3) is 12.7 Å². The largest absolute Gasteiger partial charge is 0.470 e. The lowest BCUT2D eigenvalue weighted by molar-refractivity contribution is -0.125. The molecule has 1 N–H and O–H groups in total. The van der Waals surface area contributed by atoms with Crippen LogP contribution in [0.1, 0.15) is 48.5 Å². The van der Waals surface area contributed by atoms with Gasteiger partial charge >= 0.3 is 0 Å². The van der Waals surface area contributed by atoms with Gasteiger partial charge in [0.1, 0.15) is 5.75 Å². The number of thioether (sulfide) groups is 1. The molecule has 0 aliphatic rings. The number of rotatable bonds is 9. The third kappa shape index (κ3) is 9.01. The van der Waals surface area contributed by atoms with E-state index in [1.54, 1.807) is 12.3 Å². The van der Waals surface area contributed by atoms with Crippen LogP contribution < -0.4 is 20.5 Å². The van der Waals surface area contributed by atoms with Gasteiger partial charge in [-0.25, -0.2) is 0 Å². The minimum atomic E-state index is -0.693. The number of carbonyl (C=O) groups excluding carboxylic acids is 1. The minimum Gasteiger partial charge on any atom is -0.470 e. The fraction of sp³-hybridized carbons (Fsp3) is 0.385. The smallest absolute Gasteiger partial charge is 0.272 e. The third-order valence-corrected chi connectivity index (χ3v) is 5.04. The molecule has 1 unspecified atom stereocenters. The van der Waals surface area contributed by atoms with E-state index in [2.05, 4.69) is 23.5 Å². The monoisotopic (exact) mass is 442 g/mol. The van der Waals surface area contributed by atoms with E-state index in [0.717, 1.165) is 21.7 Å². The summed E-state index contributed by atoms with van der Waals surface area (Å²) in [4.78, 5) is 17.2. The molecule has 5 heteroatoms. The van der Waals surface area contributed by atoms with Gasteiger partial charge in [-0.1, -0.05) is 51.3 Å². The zero-order valence-corrected chi connectivity index (χ0v) is 21.1. The SMILES string of the molecule is C=CC(=C/C)/C=c1/cc(OC(SC)C(=O)NC(C)(C)/C(=C/C)N=CC)ccc1=C.CC. The Morgan fingerprint density at radius 3 is 2.35 bits per heavy atom. The summed E-state index contributed by atoms with van der Waals surface area (Å²) in [6, 6.07) is 5.59. The van der Waals surface area contributed by atoms with Crippen molar-refractivity contribution in [2.45, 2.75) is 59.4 Å². The van der Waals surface area contributed by atoms with Crippen molar-refractivity contribution < 1.29 is 9.53 Å². The second kappa shape index (κ2) is 14.5. The van der Waals surface area contributed by atoms with Gasteiger partial charge in [0.2, 0.25) is 5.44 Å². The number of allylic oxidation sites excluding steroid dienone is 4. The summed E-state index contributed by atoms with van der Waals surface area (Å²) in [6.07, 6.45) is 11.2. The molecular formula is C26H38N2O2S. The highest BCUT2D eigenvalue weighted by Gasteiger charge is 2.29. The Hall–Kier alpha value is -2.53. The highest BCUT2D eigenvalue weighted by molar-refractivity contribution is 7.99. The Bertz CT molecular complexity index is 927. The molecule has 170 valence electrons. The zero-order valence-electron chi connectivity index (χ0n) is 20.3. The van der Waals surface area contributed by atoms with E-state index in [1.807, 2.05) is 91.1 Å². The van der Waals surface area contributed by atoms with E-state index in [0.29, 0.717) is 5.75 Å². The molecule has 0 saturated carbocycles. The number of nitrogens with one attached hydrogen (secondary N) is 1. The van der Waals surface area contributed by atoms with Gasteiger partial charge in [-0.15, -0.1) is 11.8 Å². The Morgan fingerprint density at radius 1 is 1.23 bits per heavy atom. The molecule has 0 aliphatic carbocycles. The van der Waals surface area contributed by atoms with Gasteiger partial charge in [-0.3, -0.25) is 9.79 Å². The summed E-state index contributed by atoms with van der Waals surface area (Å²) in [5, 5.41) is 4.83. The van der Waals surface area contributed by atoms with E-state index >= 15 is 0 Å². The molecule has 1 aromatic rings. The van der Waals surface area contributed by atoms with Crippen LogP contribution in [0.4, 0.5) is 0 Å². The molecule has 1 amide bonds. The third-order valence-electron chi connectivity index (χ3n) is 4.30. The maximum atomic E-state index is 12.9. The Morgan fingerprint density at radius 2 is 1.87 bits per heavy atom. The topological polar surface area (TPSA) is 50.7 Å². The van der Waals surface area contributed by atoms with Gasteiger partial charge in [0.15, 0.2) is 0 Å². The average molecular weight is 443 g/mol. The molecule has 0 heterocycles. The van der Waals surface area contributed by atoms with Gasteiger partial charge in [-0.05, 0) is 75.1 Å². The van der Waals surface area contributed by atoms with Crippen molar-refractivity contribution in [1.82, 2.24) is 5.32 Å². The number of ether oxygens (including phenoxy) is 1. The average Bonchev–Trinajstić information content (AvgIpc) is 2.76. The van der Waals surface area contributed by atoms with Crippen molar-refractivity contribution in [2.75, 3.05) is 6.26 Å². The molecule has 4 nitrogen and oxygen atoms in total. The van der Waals surface area contributed by atoms with Crippen LogP contribution in [-0.4, -0.2) is 29.4 Å². The molecule has 0 radical (unpaired) electrons. The second-order valence-electron chi connectivity index (χ2n) is 6.86. The van der Waals surface area contributed by atoms with Gasteiger partial charge in [0.25, 0.3) is 5.91 Å². The fourth-order valence-corrected chi connectivity index (χ4v) is 3.20. The maximum Gasteiger partial charge on any atom is 0.272 e. The summed E-state index contributed by atoms with van der Waals surface area (Å²) in [5.41, 5.74) is 0.469. The number of nitrogens with zero attached hydrogens (tertiary/aromatic N) is 1. The van der Waals surface area contributed by atoms with E-state index in [9.17, 15) is 4.79 Å². The highest BCUT2D eigenvalue weighted by atomic mass is 32.2. The van der Waals surface area contributed by atoms with Crippen LogP contribution in [-0.2, 0) is 4.79 Å². The number of amides is 1. The lowest BCUT2D eigenvalue weighted by atomic mass is 10.0. The van der Waals surface area contributed by atoms with Crippen molar-refractivity contribution in [3.63, 3.8) is 0 Å². The first-order chi connectivity index (χ1) is 14.7. The van der Waals surface area contributed by atoms with Gasteiger partial charge in [-0.2, -0.15) is 0 Å². The van der Waals surface area contributed by atoms with Crippen LogP contribution in [0, 0.1) is 0 Å². The van der Waals surface area contributed by atoms with E-state index in [1.165, 1.54) is 11.8 Å². The summed E-state index contributed by atoms with van der Waals surface area (Å²) in [6.45, 7) is 21.4.